The summed E-state index contributed by atoms with van der Waals surface area (Å²) in [4.78, 5) is 14.0. The lowest BCUT2D eigenvalue weighted by Crippen LogP contribution is -2.41. The van der Waals surface area contributed by atoms with Gasteiger partial charge in [0.05, 0.1) is 11.0 Å². The highest BCUT2D eigenvalue weighted by Crippen LogP contribution is 2.27. The number of hydrogen-bond acceptors (Lipinski definition) is 6. The molecule has 7 heteroatoms. The van der Waals surface area contributed by atoms with Gasteiger partial charge in [0, 0.05) is 18.7 Å². The van der Waals surface area contributed by atoms with Crippen molar-refractivity contribution in [2.45, 2.75) is 31.9 Å². The van der Waals surface area contributed by atoms with Gasteiger partial charge in [-0.05, 0) is 25.8 Å². The molecule has 1 N–H and O–H groups in total. The van der Waals surface area contributed by atoms with E-state index in [4.69, 9.17) is 10.00 Å². The second-order valence-electron chi connectivity index (χ2n) is 4.32. The maximum atomic E-state index is 10.7. The summed E-state index contributed by atoms with van der Waals surface area (Å²) in [5, 5.41) is 22.7. The molecule has 1 aliphatic carbocycles. The minimum absolute atomic E-state index is 0.171. The zero-order chi connectivity index (χ0) is 13.8. The number of hydrogen-bond donors (Lipinski definition) is 1. The molecular weight excluding hydrogens is 248 g/mol. The Hall–Kier alpha value is -2.20. The normalized spacial score (nSPS) is 21.3. The SMILES string of the molecule is CCOC1CC(Nc2ccc([N+](=O)[O-])c(C#N)n2)C1. The van der Waals surface area contributed by atoms with Crippen LogP contribution in [0.4, 0.5) is 11.5 Å². The lowest BCUT2D eigenvalue weighted by Gasteiger charge is -2.35. The Labute approximate surface area is 110 Å². The van der Waals surface area contributed by atoms with Crippen LogP contribution in [0.25, 0.3) is 0 Å². The van der Waals surface area contributed by atoms with Crippen LogP contribution in [0.5, 0.6) is 0 Å². The minimum atomic E-state index is -0.607. The van der Waals surface area contributed by atoms with Crippen molar-refractivity contribution in [3.63, 3.8) is 0 Å². The first-order chi connectivity index (χ1) is 9.13. The first-order valence-corrected chi connectivity index (χ1v) is 6.07. The van der Waals surface area contributed by atoms with Crippen molar-refractivity contribution < 1.29 is 9.66 Å². The molecule has 0 aliphatic heterocycles. The van der Waals surface area contributed by atoms with E-state index in [2.05, 4.69) is 10.3 Å². The van der Waals surface area contributed by atoms with Gasteiger partial charge in [-0.2, -0.15) is 5.26 Å². The second-order valence-corrected chi connectivity index (χ2v) is 4.32. The van der Waals surface area contributed by atoms with Gasteiger partial charge in [-0.3, -0.25) is 10.1 Å². The van der Waals surface area contributed by atoms with E-state index in [0.29, 0.717) is 12.4 Å². The minimum Gasteiger partial charge on any atom is -0.378 e. The molecule has 1 fully saturated rings. The number of nitrogens with zero attached hydrogens (tertiary/aromatic N) is 3. The quantitative estimate of drug-likeness (QED) is 0.641. The Bertz CT molecular complexity index is 520. The highest BCUT2D eigenvalue weighted by Gasteiger charge is 2.30. The molecule has 1 heterocycles. The van der Waals surface area contributed by atoms with E-state index >= 15 is 0 Å². The van der Waals surface area contributed by atoms with Gasteiger partial charge in [-0.15, -0.1) is 0 Å². The fourth-order valence-electron chi connectivity index (χ4n) is 2.03. The van der Waals surface area contributed by atoms with Crippen molar-refractivity contribution in [3.8, 4) is 6.07 Å². The fourth-order valence-corrected chi connectivity index (χ4v) is 2.03. The summed E-state index contributed by atoms with van der Waals surface area (Å²) in [5.41, 5.74) is -0.440. The Kier molecular flexibility index (Phi) is 3.92. The Morgan fingerprint density at radius 3 is 2.95 bits per heavy atom. The van der Waals surface area contributed by atoms with E-state index in [9.17, 15) is 10.1 Å². The van der Waals surface area contributed by atoms with Gasteiger partial charge in [0.15, 0.2) is 0 Å². The molecular formula is C12H14N4O3. The molecule has 19 heavy (non-hydrogen) atoms. The molecule has 1 saturated carbocycles. The van der Waals surface area contributed by atoms with Crippen molar-refractivity contribution in [2.75, 3.05) is 11.9 Å². The van der Waals surface area contributed by atoms with Crippen LogP contribution >= 0.6 is 0 Å². The summed E-state index contributed by atoms with van der Waals surface area (Å²) in [6.07, 6.45) is 2.04. The van der Waals surface area contributed by atoms with Gasteiger partial charge in [-0.25, -0.2) is 4.98 Å². The first kappa shape index (κ1) is 13.2. The zero-order valence-corrected chi connectivity index (χ0v) is 10.5. The number of nitro groups is 1. The fraction of sp³-hybridized carbons (Fsp3) is 0.500. The second kappa shape index (κ2) is 5.63. The topological polar surface area (TPSA) is 101 Å². The summed E-state index contributed by atoms with van der Waals surface area (Å²) in [5.74, 6) is 0.488. The van der Waals surface area contributed by atoms with Gasteiger partial charge in [0.1, 0.15) is 11.9 Å². The predicted octanol–water partition coefficient (Wildman–Crippen LogP) is 1.84. The van der Waals surface area contributed by atoms with Crippen molar-refractivity contribution in [1.29, 1.82) is 5.26 Å². The monoisotopic (exact) mass is 262 g/mol. The van der Waals surface area contributed by atoms with E-state index in [0.717, 1.165) is 12.8 Å². The van der Waals surface area contributed by atoms with Crippen LogP contribution in [-0.2, 0) is 4.74 Å². The van der Waals surface area contributed by atoms with Gasteiger partial charge in [0.2, 0.25) is 5.69 Å². The molecule has 0 atom stereocenters. The third-order valence-electron chi connectivity index (χ3n) is 3.03. The lowest BCUT2D eigenvalue weighted by atomic mass is 9.89. The molecule has 0 bridgehead atoms. The van der Waals surface area contributed by atoms with Crippen LogP contribution in [-0.4, -0.2) is 28.7 Å². The predicted molar refractivity (Wildman–Crippen MR) is 67.7 cm³/mol. The van der Waals surface area contributed by atoms with Crippen LogP contribution in [0.15, 0.2) is 12.1 Å². The van der Waals surface area contributed by atoms with Gasteiger partial charge in [-0.1, -0.05) is 0 Å². The van der Waals surface area contributed by atoms with E-state index in [-0.39, 0.29) is 23.5 Å². The molecule has 0 radical (unpaired) electrons. The third kappa shape index (κ3) is 2.98. The molecule has 100 valence electrons. The number of aromatic nitrogens is 1. The van der Waals surface area contributed by atoms with Crippen LogP contribution in [0.2, 0.25) is 0 Å². The lowest BCUT2D eigenvalue weighted by molar-refractivity contribution is -0.385. The largest absolute Gasteiger partial charge is 0.378 e. The number of nitriles is 1. The number of pyridine rings is 1. The summed E-state index contributed by atoms with van der Waals surface area (Å²) in [6, 6.07) is 4.80. The van der Waals surface area contributed by atoms with Crippen LogP contribution in [0.1, 0.15) is 25.5 Å². The number of ether oxygens (including phenoxy) is 1. The van der Waals surface area contributed by atoms with Crippen molar-refractivity contribution in [2.24, 2.45) is 0 Å². The van der Waals surface area contributed by atoms with Crippen LogP contribution in [0.3, 0.4) is 0 Å². The Morgan fingerprint density at radius 1 is 1.63 bits per heavy atom. The summed E-state index contributed by atoms with van der Waals surface area (Å²) in [7, 11) is 0. The highest BCUT2D eigenvalue weighted by atomic mass is 16.6. The van der Waals surface area contributed by atoms with E-state index in [1.54, 1.807) is 6.07 Å². The Balaban J connectivity index is 1.99. The number of anilines is 1. The molecule has 1 aromatic heterocycles. The smallest absolute Gasteiger partial charge is 0.305 e. The average Bonchev–Trinajstić information content (AvgIpc) is 2.35. The summed E-state index contributed by atoms with van der Waals surface area (Å²) in [6.45, 7) is 2.66. The molecule has 2 rings (SSSR count). The maximum absolute atomic E-state index is 10.7. The third-order valence-corrected chi connectivity index (χ3v) is 3.03. The van der Waals surface area contributed by atoms with E-state index in [1.165, 1.54) is 12.1 Å². The Morgan fingerprint density at radius 2 is 2.37 bits per heavy atom. The molecule has 1 aromatic rings. The van der Waals surface area contributed by atoms with E-state index in [1.807, 2.05) is 6.92 Å². The molecule has 0 saturated heterocycles. The number of rotatable bonds is 5. The molecule has 7 nitrogen and oxygen atoms in total. The number of nitrogens with one attached hydrogen (secondary N) is 1. The zero-order valence-electron chi connectivity index (χ0n) is 10.5. The molecule has 1 aliphatic rings. The van der Waals surface area contributed by atoms with Crippen molar-refractivity contribution in [1.82, 2.24) is 4.98 Å². The molecule has 0 spiro atoms. The van der Waals surface area contributed by atoms with Gasteiger partial charge < -0.3 is 10.1 Å². The molecule has 0 unspecified atom stereocenters. The summed E-state index contributed by atoms with van der Waals surface area (Å²) < 4.78 is 5.44. The van der Waals surface area contributed by atoms with Gasteiger partial charge in [0.25, 0.3) is 0 Å². The summed E-state index contributed by atoms with van der Waals surface area (Å²) >= 11 is 0. The standard InChI is InChI=1S/C12H14N4O3/c1-2-19-9-5-8(6-9)14-12-4-3-11(16(17)18)10(7-13)15-12/h3-4,8-9H,2,5-6H2,1H3,(H,14,15). The maximum Gasteiger partial charge on any atom is 0.305 e. The van der Waals surface area contributed by atoms with Crippen LogP contribution in [0, 0.1) is 21.4 Å². The van der Waals surface area contributed by atoms with Gasteiger partial charge >= 0.3 is 5.69 Å². The average molecular weight is 262 g/mol. The highest BCUT2D eigenvalue weighted by molar-refractivity contribution is 5.50. The molecule has 0 amide bonds. The van der Waals surface area contributed by atoms with Crippen molar-refractivity contribution >= 4 is 11.5 Å². The molecule has 0 aromatic carbocycles. The first-order valence-electron chi connectivity index (χ1n) is 6.07. The van der Waals surface area contributed by atoms with Crippen molar-refractivity contribution in [3.05, 3.63) is 27.9 Å². The van der Waals surface area contributed by atoms with E-state index < -0.39 is 4.92 Å². The van der Waals surface area contributed by atoms with Crippen LogP contribution < -0.4 is 5.32 Å².